The summed E-state index contributed by atoms with van der Waals surface area (Å²) in [7, 11) is 0. The van der Waals surface area contributed by atoms with Crippen molar-refractivity contribution in [3.05, 3.63) is 30.1 Å². The van der Waals surface area contributed by atoms with Crippen molar-refractivity contribution >= 4 is 11.8 Å². The minimum absolute atomic E-state index is 0.0895. The smallest absolute Gasteiger partial charge is 0.241 e. The summed E-state index contributed by atoms with van der Waals surface area (Å²) < 4.78 is 0. The van der Waals surface area contributed by atoms with Gasteiger partial charge in [-0.05, 0) is 11.6 Å². The van der Waals surface area contributed by atoms with Gasteiger partial charge in [-0.25, -0.2) is 0 Å². The van der Waals surface area contributed by atoms with E-state index in [0.717, 1.165) is 5.56 Å². The second kappa shape index (κ2) is 5.59. The van der Waals surface area contributed by atoms with Gasteiger partial charge in [0.1, 0.15) is 6.04 Å². The Kier molecular flexibility index (Phi) is 3.88. The van der Waals surface area contributed by atoms with E-state index in [-0.39, 0.29) is 12.3 Å². The molecule has 0 spiro atoms. The van der Waals surface area contributed by atoms with Gasteiger partial charge in [0.2, 0.25) is 11.8 Å². The second-order valence-corrected chi connectivity index (χ2v) is 4.25. The third-order valence-corrected chi connectivity index (χ3v) is 2.97. The maximum atomic E-state index is 12.1. The molecule has 1 aliphatic rings. The minimum atomic E-state index is -0.553. The fraction of sp³-hybridized carbons (Fsp3) is 0.417. The van der Waals surface area contributed by atoms with Gasteiger partial charge >= 0.3 is 0 Å². The fourth-order valence-electron chi connectivity index (χ4n) is 2.04. The first-order chi connectivity index (χ1) is 8.68. The van der Waals surface area contributed by atoms with Crippen LogP contribution in [0.2, 0.25) is 0 Å². The van der Waals surface area contributed by atoms with E-state index < -0.39 is 11.9 Å². The van der Waals surface area contributed by atoms with Gasteiger partial charge in [-0.2, -0.15) is 0 Å². The summed E-state index contributed by atoms with van der Waals surface area (Å²) in [6.07, 6.45) is 3.56. The SMILES string of the molecule is NC(=O)C1CNCCN1C(=O)Cc1cccnc1. The summed E-state index contributed by atoms with van der Waals surface area (Å²) in [5.74, 6) is -0.560. The van der Waals surface area contributed by atoms with Gasteiger partial charge in [0, 0.05) is 32.0 Å². The Morgan fingerprint density at radius 3 is 3.06 bits per heavy atom. The Hall–Kier alpha value is -1.95. The molecule has 6 heteroatoms. The molecule has 3 N–H and O–H groups in total. The fourth-order valence-corrected chi connectivity index (χ4v) is 2.04. The van der Waals surface area contributed by atoms with Crippen molar-refractivity contribution in [2.45, 2.75) is 12.5 Å². The van der Waals surface area contributed by atoms with Gasteiger partial charge < -0.3 is 16.0 Å². The quantitative estimate of drug-likeness (QED) is 0.711. The number of nitrogens with zero attached hydrogens (tertiary/aromatic N) is 2. The summed E-state index contributed by atoms with van der Waals surface area (Å²) in [5.41, 5.74) is 6.14. The number of rotatable bonds is 3. The average Bonchev–Trinajstić information content (AvgIpc) is 2.40. The molecule has 1 atom stereocenters. The van der Waals surface area contributed by atoms with E-state index in [1.807, 2.05) is 6.07 Å². The van der Waals surface area contributed by atoms with Crippen LogP contribution in [-0.4, -0.2) is 47.4 Å². The molecule has 1 aromatic rings. The highest BCUT2D eigenvalue weighted by molar-refractivity contribution is 5.88. The van der Waals surface area contributed by atoms with Gasteiger partial charge in [-0.15, -0.1) is 0 Å². The van der Waals surface area contributed by atoms with Crippen LogP contribution in [0.5, 0.6) is 0 Å². The van der Waals surface area contributed by atoms with E-state index in [4.69, 9.17) is 5.73 Å². The van der Waals surface area contributed by atoms with Crippen molar-refractivity contribution in [1.29, 1.82) is 0 Å². The molecule has 1 unspecified atom stereocenters. The van der Waals surface area contributed by atoms with E-state index in [1.165, 1.54) is 0 Å². The third kappa shape index (κ3) is 2.84. The molecule has 18 heavy (non-hydrogen) atoms. The molecule has 1 saturated heterocycles. The minimum Gasteiger partial charge on any atom is -0.368 e. The lowest BCUT2D eigenvalue weighted by Gasteiger charge is -2.34. The van der Waals surface area contributed by atoms with Crippen LogP contribution >= 0.6 is 0 Å². The molecule has 0 saturated carbocycles. The summed E-state index contributed by atoms with van der Waals surface area (Å²) >= 11 is 0. The highest BCUT2D eigenvalue weighted by atomic mass is 16.2. The number of piperazine rings is 1. The van der Waals surface area contributed by atoms with Crippen LogP contribution in [0.1, 0.15) is 5.56 Å². The van der Waals surface area contributed by atoms with Gasteiger partial charge in [0.25, 0.3) is 0 Å². The van der Waals surface area contributed by atoms with Crippen molar-refractivity contribution in [3.8, 4) is 0 Å². The normalized spacial score (nSPS) is 19.6. The molecule has 0 radical (unpaired) electrons. The van der Waals surface area contributed by atoms with E-state index in [9.17, 15) is 9.59 Å². The summed E-state index contributed by atoms with van der Waals surface area (Å²) in [5, 5.41) is 3.06. The zero-order chi connectivity index (χ0) is 13.0. The third-order valence-electron chi connectivity index (χ3n) is 2.97. The molecule has 2 amide bonds. The highest BCUT2D eigenvalue weighted by Crippen LogP contribution is 2.07. The van der Waals surface area contributed by atoms with E-state index in [0.29, 0.717) is 19.6 Å². The van der Waals surface area contributed by atoms with Crippen LogP contribution in [0.25, 0.3) is 0 Å². The van der Waals surface area contributed by atoms with Gasteiger partial charge in [-0.3, -0.25) is 14.6 Å². The second-order valence-electron chi connectivity index (χ2n) is 4.25. The van der Waals surface area contributed by atoms with Crippen LogP contribution in [0.3, 0.4) is 0 Å². The zero-order valence-electron chi connectivity index (χ0n) is 10.0. The lowest BCUT2D eigenvalue weighted by molar-refractivity contribution is -0.139. The molecule has 96 valence electrons. The van der Waals surface area contributed by atoms with Crippen molar-refractivity contribution in [1.82, 2.24) is 15.2 Å². The van der Waals surface area contributed by atoms with Gasteiger partial charge in [-0.1, -0.05) is 6.07 Å². The summed E-state index contributed by atoms with van der Waals surface area (Å²) in [6, 6.07) is 3.07. The largest absolute Gasteiger partial charge is 0.368 e. The Morgan fingerprint density at radius 1 is 1.56 bits per heavy atom. The first-order valence-electron chi connectivity index (χ1n) is 5.87. The number of hydrogen-bond acceptors (Lipinski definition) is 4. The van der Waals surface area contributed by atoms with Crippen LogP contribution in [0.15, 0.2) is 24.5 Å². The zero-order valence-corrected chi connectivity index (χ0v) is 10.0. The lowest BCUT2D eigenvalue weighted by Crippen LogP contribution is -2.59. The topological polar surface area (TPSA) is 88.3 Å². The van der Waals surface area contributed by atoms with Crippen LogP contribution in [0, 0.1) is 0 Å². The number of aromatic nitrogens is 1. The summed E-state index contributed by atoms with van der Waals surface area (Å²) in [6.45, 7) is 1.61. The summed E-state index contributed by atoms with van der Waals surface area (Å²) in [4.78, 5) is 29.0. The monoisotopic (exact) mass is 248 g/mol. The van der Waals surface area contributed by atoms with Gasteiger partial charge in [0.15, 0.2) is 0 Å². The number of carbonyl (C=O) groups excluding carboxylic acids is 2. The molecule has 2 heterocycles. The van der Waals surface area contributed by atoms with Crippen LogP contribution < -0.4 is 11.1 Å². The Labute approximate surface area is 105 Å². The number of primary amides is 1. The standard InChI is InChI=1S/C12H16N4O2/c13-12(18)10-8-15-4-5-16(10)11(17)6-9-2-1-3-14-7-9/h1-3,7,10,15H,4-6,8H2,(H2,13,18). The molecule has 0 bridgehead atoms. The molecule has 6 nitrogen and oxygen atoms in total. The number of nitrogens with one attached hydrogen (secondary N) is 1. The number of pyridine rings is 1. The first-order valence-corrected chi connectivity index (χ1v) is 5.87. The molecule has 0 aromatic carbocycles. The number of nitrogens with two attached hydrogens (primary N) is 1. The Morgan fingerprint density at radius 2 is 2.39 bits per heavy atom. The van der Waals surface area contributed by atoms with E-state index in [2.05, 4.69) is 10.3 Å². The van der Waals surface area contributed by atoms with Crippen LogP contribution in [0.4, 0.5) is 0 Å². The number of hydrogen-bond donors (Lipinski definition) is 2. The molecule has 1 aromatic heterocycles. The van der Waals surface area contributed by atoms with Crippen molar-refractivity contribution in [3.63, 3.8) is 0 Å². The Bertz CT molecular complexity index is 435. The number of carbonyl (C=O) groups is 2. The molecular formula is C12H16N4O2. The molecular weight excluding hydrogens is 232 g/mol. The Balaban J connectivity index is 2.05. The molecule has 1 aliphatic heterocycles. The maximum Gasteiger partial charge on any atom is 0.241 e. The van der Waals surface area contributed by atoms with Crippen molar-refractivity contribution < 1.29 is 9.59 Å². The average molecular weight is 248 g/mol. The predicted molar refractivity (Wildman–Crippen MR) is 65.5 cm³/mol. The van der Waals surface area contributed by atoms with Gasteiger partial charge in [0.05, 0.1) is 6.42 Å². The molecule has 2 rings (SSSR count). The highest BCUT2D eigenvalue weighted by Gasteiger charge is 2.30. The van der Waals surface area contributed by atoms with Crippen molar-refractivity contribution in [2.24, 2.45) is 5.73 Å². The first kappa shape index (κ1) is 12.5. The van der Waals surface area contributed by atoms with Crippen LogP contribution in [-0.2, 0) is 16.0 Å². The predicted octanol–water partition coefficient (Wildman–Crippen LogP) is -1.09. The number of amides is 2. The molecule has 1 fully saturated rings. The maximum absolute atomic E-state index is 12.1. The lowest BCUT2D eigenvalue weighted by atomic mass is 10.1. The molecule has 0 aliphatic carbocycles. The van der Waals surface area contributed by atoms with Crippen molar-refractivity contribution in [2.75, 3.05) is 19.6 Å². The van der Waals surface area contributed by atoms with E-state index in [1.54, 1.807) is 23.4 Å². The van der Waals surface area contributed by atoms with E-state index >= 15 is 0 Å².